The summed E-state index contributed by atoms with van der Waals surface area (Å²) in [5, 5.41) is 0. The third-order valence-corrected chi connectivity index (χ3v) is 2.41. The summed E-state index contributed by atoms with van der Waals surface area (Å²) in [6.07, 6.45) is 1.38. The molecule has 5 nitrogen and oxygen atoms in total. The van der Waals surface area contributed by atoms with Crippen LogP contribution in [0, 0.1) is 0 Å². The van der Waals surface area contributed by atoms with Gasteiger partial charge in [0.25, 0.3) is 5.56 Å². The van der Waals surface area contributed by atoms with E-state index >= 15 is 0 Å². The van der Waals surface area contributed by atoms with Crippen molar-refractivity contribution in [2.24, 2.45) is 0 Å². The van der Waals surface area contributed by atoms with Crippen molar-refractivity contribution in [2.75, 3.05) is 0 Å². The number of halogens is 1. The van der Waals surface area contributed by atoms with E-state index in [1.165, 1.54) is 6.33 Å². The van der Waals surface area contributed by atoms with Gasteiger partial charge in [-0.1, -0.05) is 0 Å². The third-order valence-electron chi connectivity index (χ3n) is 1.81. The minimum atomic E-state index is -0.210. The standard InChI is InChI=1S/C7H7BrN4O/c1-2-12-5-4(11-7(12)8)6(13)10-3-9-5/h3H,2H2,1H3,(H,9,10,13). The smallest absolute Gasteiger partial charge is 0.278 e. The molecule has 0 bridgehead atoms. The van der Waals surface area contributed by atoms with Crippen LogP contribution in [0.2, 0.25) is 0 Å². The number of rotatable bonds is 1. The van der Waals surface area contributed by atoms with Crippen LogP contribution in [0.15, 0.2) is 15.9 Å². The van der Waals surface area contributed by atoms with Gasteiger partial charge >= 0.3 is 0 Å². The van der Waals surface area contributed by atoms with Crippen molar-refractivity contribution in [3.63, 3.8) is 0 Å². The van der Waals surface area contributed by atoms with Crippen LogP contribution in [0.25, 0.3) is 11.2 Å². The van der Waals surface area contributed by atoms with Gasteiger partial charge < -0.3 is 9.55 Å². The van der Waals surface area contributed by atoms with Gasteiger partial charge in [-0.2, -0.15) is 0 Å². The molecule has 0 spiro atoms. The quantitative estimate of drug-likeness (QED) is 0.757. The highest BCUT2D eigenvalue weighted by Gasteiger charge is 2.10. The lowest BCUT2D eigenvalue weighted by Crippen LogP contribution is -2.07. The zero-order chi connectivity index (χ0) is 9.42. The topological polar surface area (TPSA) is 63.6 Å². The second kappa shape index (κ2) is 2.95. The van der Waals surface area contributed by atoms with Gasteiger partial charge in [-0.25, -0.2) is 9.97 Å². The molecule has 13 heavy (non-hydrogen) atoms. The summed E-state index contributed by atoms with van der Waals surface area (Å²) in [4.78, 5) is 21.8. The van der Waals surface area contributed by atoms with Crippen LogP contribution >= 0.6 is 15.9 Å². The molecule has 2 heterocycles. The van der Waals surface area contributed by atoms with E-state index < -0.39 is 0 Å². The van der Waals surface area contributed by atoms with Crippen molar-refractivity contribution in [3.05, 3.63) is 21.4 Å². The first-order valence-electron chi connectivity index (χ1n) is 3.83. The zero-order valence-corrected chi connectivity index (χ0v) is 8.50. The Bertz CT molecular complexity index is 501. The van der Waals surface area contributed by atoms with E-state index in [0.717, 1.165) is 6.54 Å². The molecule has 6 heteroatoms. The number of aryl methyl sites for hydroxylation is 1. The summed E-state index contributed by atoms with van der Waals surface area (Å²) in [5.41, 5.74) is 0.771. The predicted octanol–water partition coefficient (Wildman–Crippen LogP) is 0.902. The second-order valence-corrected chi connectivity index (χ2v) is 3.24. The maximum atomic E-state index is 11.3. The first kappa shape index (κ1) is 8.43. The summed E-state index contributed by atoms with van der Waals surface area (Å²) in [6, 6.07) is 0. The molecular weight excluding hydrogens is 236 g/mol. The average molecular weight is 243 g/mol. The molecule has 68 valence electrons. The minimum Gasteiger partial charge on any atom is -0.311 e. The Balaban J connectivity index is 2.94. The minimum absolute atomic E-state index is 0.210. The zero-order valence-electron chi connectivity index (χ0n) is 6.91. The molecule has 0 aliphatic carbocycles. The highest BCUT2D eigenvalue weighted by atomic mass is 79.9. The Morgan fingerprint density at radius 1 is 1.69 bits per heavy atom. The number of nitrogens with zero attached hydrogens (tertiary/aromatic N) is 3. The predicted molar refractivity (Wildman–Crippen MR) is 51.5 cm³/mol. The van der Waals surface area contributed by atoms with Gasteiger partial charge in [-0.05, 0) is 22.9 Å². The Morgan fingerprint density at radius 3 is 3.15 bits per heavy atom. The molecule has 1 N–H and O–H groups in total. The van der Waals surface area contributed by atoms with Crippen LogP contribution in [-0.4, -0.2) is 19.5 Å². The molecule has 0 aliphatic rings. The molecule has 0 saturated heterocycles. The van der Waals surface area contributed by atoms with E-state index in [9.17, 15) is 4.79 Å². The molecule has 0 unspecified atom stereocenters. The van der Waals surface area contributed by atoms with Crippen LogP contribution in [0.5, 0.6) is 0 Å². The molecule has 2 aromatic rings. The highest BCUT2D eigenvalue weighted by molar-refractivity contribution is 9.10. The third kappa shape index (κ3) is 1.17. The monoisotopic (exact) mass is 242 g/mol. The first-order chi connectivity index (χ1) is 6.24. The van der Waals surface area contributed by atoms with Gasteiger partial charge in [0, 0.05) is 6.54 Å². The molecule has 0 atom stereocenters. The van der Waals surface area contributed by atoms with E-state index in [0.29, 0.717) is 15.9 Å². The molecule has 0 fully saturated rings. The summed E-state index contributed by atoms with van der Waals surface area (Å²) >= 11 is 3.26. The molecule has 0 radical (unpaired) electrons. The van der Waals surface area contributed by atoms with Crippen LogP contribution in [-0.2, 0) is 6.54 Å². The number of fused-ring (bicyclic) bond motifs is 1. The van der Waals surface area contributed by atoms with E-state index in [-0.39, 0.29) is 5.56 Å². The van der Waals surface area contributed by atoms with Gasteiger partial charge in [0.05, 0.1) is 6.33 Å². The average Bonchev–Trinajstić information content (AvgIpc) is 2.43. The van der Waals surface area contributed by atoms with Gasteiger partial charge in [-0.15, -0.1) is 0 Å². The highest BCUT2D eigenvalue weighted by Crippen LogP contribution is 2.14. The van der Waals surface area contributed by atoms with E-state index in [4.69, 9.17) is 0 Å². The van der Waals surface area contributed by atoms with Gasteiger partial charge in [0.15, 0.2) is 15.9 Å². The normalized spacial score (nSPS) is 10.9. The number of aromatic amines is 1. The lowest BCUT2D eigenvalue weighted by molar-refractivity contribution is 0.756. The second-order valence-electron chi connectivity index (χ2n) is 2.53. The van der Waals surface area contributed by atoms with E-state index in [1.54, 1.807) is 0 Å². The van der Waals surface area contributed by atoms with Crippen molar-refractivity contribution < 1.29 is 0 Å². The fourth-order valence-electron chi connectivity index (χ4n) is 1.20. The first-order valence-corrected chi connectivity index (χ1v) is 4.62. The van der Waals surface area contributed by atoms with Crippen LogP contribution in [0.1, 0.15) is 6.92 Å². The van der Waals surface area contributed by atoms with E-state index in [1.807, 2.05) is 11.5 Å². The summed E-state index contributed by atoms with van der Waals surface area (Å²) in [6.45, 7) is 2.70. The molecule has 0 aromatic carbocycles. The van der Waals surface area contributed by atoms with Crippen molar-refractivity contribution in [1.29, 1.82) is 0 Å². The fraction of sp³-hybridized carbons (Fsp3) is 0.286. The Hall–Kier alpha value is -1.17. The number of hydrogen-bond acceptors (Lipinski definition) is 3. The SMILES string of the molecule is CCn1c(Br)nc2c(=O)[nH]cnc21. The van der Waals surface area contributed by atoms with Crippen molar-refractivity contribution >= 4 is 27.1 Å². The van der Waals surface area contributed by atoms with Crippen molar-refractivity contribution in [1.82, 2.24) is 19.5 Å². The number of nitrogens with one attached hydrogen (secondary N) is 1. The van der Waals surface area contributed by atoms with Crippen molar-refractivity contribution in [2.45, 2.75) is 13.5 Å². The lowest BCUT2D eigenvalue weighted by atomic mass is 10.5. The van der Waals surface area contributed by atoms with Crippen LogP contribution in [0.4, 0.5) is 0 Å². The summed E-state index contributed by atoms with van der Waals surface area (Å²) < 4.78 is 2.46. The Morgan fingerprint density at radius 2 is 2.46 bits per heavy atom. The Kier molecular flexibility index (Phi) is 1.91. The Labute approximate surface area is 82.0 Å². The molecule has 2 rings (SSSR count). The number of hydrogen-bond donors (Lipinski definition) is 1. The summed E-state index contributed by atoms with van der Waals surface area (Å²) in [7, 11) is 0. The lowest BCUT2D eigenvalue weighted by Gasteiger charge is -1.97. The number of aromatic nitrogens is 4. The summed E-state index contributed by atoms with van der Waals surface area (Å²) in [5.74, 6) is 0. The van der Waals surface area contributed by atoms with Gasteiger partial charge in [-0.3, -0.25) is 4.79 Å². The maximum Gasteiger partial charge on any atom is 0.278 e. The maximum absolute atomic E-state index is 11.3. The fourth-order valence-corrected chi connectivity index (χ4v) is 1.80. The molecule has 0 aliphatic heterocycles. The van der Waals surface area contributed by atoms with Crippen molar-refractivity contribution in [3.8, 4) is 0 Å². The largest absolute Gasteiger partial charge is 0.311 e. The van der Waals surface area contributed by atoms with E-state index in [2.05, 4.69) is 30.9 Å². The molecule has 0 saturated carbocycles. The van der Waals surface area contributed by atoms with Gasteiger partial charge in [0.2, 0.25) is 0 Å². The molecule has 2 aromatic heterocycles. The number of imidazole rings is 1. The van der Waals surface area contributed by atoms with Gasteiger partial charge in [0.1, 0.15) is 0 Å². The number of H-pyrrole nitrogens is 1. The van der Waals surface area contributed by atoms with Crippen LogP contribution < -0.4 is 5.56 Å². The molecular formula is C7H7BrN4O. The molecule has 0 amide bonds. The van der Waals surface area contributed by atoms with Crippen LogP contribution in [0.3, 0.4) is 0 Å².